The number of terminal acetylenes is 1. The SMILES string of the molecule is C#CN(C(=O)C(Cc1ccc(O)cc1)NC(=O)OC(C)(C)C)C(C(=O)Nc1c(C)cccc1C)c1ccccc1. The average molecular weight is 542 g/mol. The van der Waals surface area contributed by atoms with Crippen LogP contribution in [0.2, 0.25) is 0 Å². The average Bonchev–Trinajstić information content (AvgIpc) is 2.89. The van der Waals surface area contributed by atoms with Crippen LogP contribution < -0.4 is 10.6 Å². The van der Waals surface area contributed by atoms with Crippen LogP contribution in [0.25, 0.3) is 0 Å². The highest BCUT2D eigenvalue weighted by molar-refractivity contribution is 6.00. The molecule has 0 fully saturated rings. The van der Waals surface area contributed by atoms with Gasteiger partial charge in [0.2, 0.25) is 0 Å². The summed E-state index contributed by atoms with van der Waals surface area (Å²) in [5.74, 6) is -1.12. The number of ether oxygens (including phenoxy) is 1. The molecule has 2 unspecified atom stereocenters. The topological polar surface area (TPSA) is 108 Å². The number of para-hydroxylation sites is 1. The molecular formula is C32H35N3O5. The number of rotatable bonds is 8. The highest BCUT2D eigenvalue weighted by atomic mass is 16.6. The second-order valence-electron chi connectivity index (χ2n) is 10.5. The zero-order valence-electron chi connectivity index (χ0n) is 23.4. The molecule has 40 heavy (non-hydrogen) atoms. The van der Waals surface area contributed by atoms with Gasteiger partial charge in [0.25, 0.3) is 11.8 Å². The zero-order chi connectivity index (χ0) is 29.4. The van der Waals surface area contributed by atoms with Crippen LogP contribution in [-0.4, -0.2) is 39.6 Å². The summed E-state index contributed by atoms with van der Waals surface area (Å²) in [4.78, 5) is 41.6. The van der Waals surface area contributed by atoms with Crippen molar-refractivity contribution in [1.82, 2.24) is 10.2 Å². The van der Waals surface area contributed by atoms with Crippen molar-refractivity contribution in [2.24, 2.45) is 0 Å². The maximum Gasteiger partial charge on any atom is 0.408 e. The Bertz CT molecular complexity index is 1370. The maximum absolute atomic E-state index is 14.0. The molecule has 0 radical (unpaired) electrons. The molecule has 0 aliphatic carbocycles. The molecule has 0 aromatic heterocycles. The third-order valence-corrected chi connectivity index (χ3v) is 6.09. The number of anilines is 1. The van der Waals surface area contributed by atoms with E-state index in [-0.39, 0.29) is 12.2 Å². The first-order valence-electron chi connectivity index (χ1n) is 12.9. The van der Waals surface area contributed by atoms with Crippen LogP contribution >= 0.6 is 0 Å². The van der Waals surface area contributed by atoms with Gasteiger partial charge in [-0.1, -0.05) is 67.1 Å². The predicted octanol–water partition coefficient (Wildman–Crippen LogP) is 5.24. The number of aromatic hydroxyl groups is 1. The van der Waals surface area contributed by atoms with Crippen molar-refractivity contribution < 1.29 is 24.2 Å². The fourth-order valence-electron chi connectivity index (χ4n) is 4.21. The van der Waals surface area contributed by atoms with Crippen LogP contribution in [0, 0.1) is 26.3 Å². The minimum absolute atomic E-state index is 0.0383. The summed E-state index contributed by atoms with van der Waals surface area (Å²) in [5, 5.41) is 15.3. The first kappa shape index (κ1) is 29.8. The molecule has 0 saturated heterocycles. The van der Waals surface area contributed by atoms with Crippen LogP contribution in [0.5, 0.6) is 5.75 Å². The molecule has 3 aromatic carbocycles. The Morgan fingerprint density at radius 3 is 2.10 bits per heavy atom. The fraction of sp³-hybridized carbons (Fsp3) is 0.281. The van der Waals surface area contributed by atoms with E-state index in [4.69, 9.17) is 11.2 Å². The molecule has 0 saturated carbocycles. The van der Waals surface area contributed by atoms with Gasteiger partial charge in [0.1, 0.15) is 23.4 Å². The van der Waals surface area contributed by atoms with E-state index >= 15 is 0 Å². The molecule has 8 heteroatoms. The van der Waals surface area contributed by atoms with E-state index < -0.39 is 35.6 Å². The zero-order valence-corrected chi connectivity index (χ0v) is 23.4. The van der Waals surface area contributed by atoms with Crippen LogP contribution in [0.3, 0.4) is 0 Å². The fourth-order valence-corrected chi connectivity index (χ4v) is 4.21. The highest BCUT2D eigenvalue weighted by Crippen LogP contribution is 2.27. The van der Waals surface area contributed by atoms with Crippen molar-refractivity contribution in [2.45, 2.75) is 58.7 Å². The third kappa shape index (κ3) is 7.87. The van der Waals surface area contributed by atoms with Gasteiger partial charge in [-0.2, -0.15) is 0 Å². The van der Waals surface area contributed by atoms with E-state index in [0.29, 0.717) is 16.8 Å². The van der Waals surface area contributed by atoms with Crippen LogP contribution in [-0.2, 0) is 20.7 Å². The van der Waals surface area contributed by atoms with Crippen LogP contribution in [0.4, 0.5) is 10.5 Å². The number of alkyl carbamates (subject to hydrolysis) is 1. The summed E-state index contributed by atoms with van der Waals surface area (Å²) < 4.78 is 5.39. The van der Waals surface area contributed by atoms with Crippen molar-refractivity contribution in [1.29, 1.82) is 0 Å². The molecule has 8 nitrogen and oxygen atoms in total. The van der Waals surface area contributed by atoms with Crippen LogP contribution in [0.1, 0.15) is 49.1 Å². The lowest BCUT2D eigenvalue weighted by atomic mass is 10.0. The van der Waals surface area contributed by atoms with E-state index in [1.54, 1.807) is 63.2 Å². The number of nitrogens with one attached hydrogen (secondary N) is 2. The van der Waals surface area contributed by atoms with Crippen molar-refractivity contribution in [2.75, 3.05) is 5.32 Å². The van der Waals surface area contributed by atoms with E-state index in [9.17, 15) is 19.5 Å². The molecule has 0 heterocycles. The van der Waals surface area contributed by atoms with Crippen LogP contribution in [0.15, 0.2) is 72.8 Å². The molecule has 2 atom stereocenters. The molecule has 0 bridgehead atoms. The second-order valence-corrected chi connectivity index (χ2v) is 10.5. The Hall–Kier alpha value is -4.77. The molecule has 3 rings (SSSR count). The summed E-state index contributed by atoms with van der Waals surface area (Å²) in [6, 6.07) is 20.6. The van der Waals surface area contributed by atoms with Gasteiger partial charge in [-0.25, -0.2) is 4.79 Å². The van der Waals surface area contributed by atoms with E-state index in [1.165, 1.54) is 12.1 Å². The quantitative estimate of drug-likeness (QED) is 0.267. The van der Waals surface area contributed by atoms with Gasteiger partial charge in [0.15, 0.2) is 0 Å². The highest BCUT2D eigenvalue weighted by Gasteiger charge is 2.36. The van der Waals surface area contributed by atoms with Gasteiger partial charge in [-0.15, -0.1) is 0 Å². The van der Waals surface area contributed by atoms with Crippen molar-refractivity contribution >= 4 is 23.6 Å². The standard InChI is InChI=1S/C32H35N3O5/c1-7-35(28(24-14-9-8-10-15-24)29(37)34-27-21(2)12-11-13-22(27)3)30(38)26(33-31(39)40-32(4,5)6)20-23-16-18-25(36)19-17-23/h1,8-19,26,28,36H,20H2,2-6H3,(H,33,39)(H,34,37). The molecule has 0 aliphatic rings. The number of benzene rings is 3. The number of phenolic OH excluding ortho intramolecular Hbond substituents is 1. The predicted molar refractivity (Wildman–Crippen MR) is 154 cm³/mol. The van der Waals surface area contributed by atoms with Crippen molar-refractivity contribution in [3.63, 3.8) is 0 Å². The number of carbonyl (C=O) groups excluding carboxylic acids is 3. The molecule has 0 aliphatic heterocycles. The van der Waals surface area contributed by atoms with Crippen molar-refractivity contribution in [3.05, 3.63) is 95.1 Å². The molecule has 3 aromatic rings. The summed E-state index contributed by atoms with van der Waals surface area (Å²) in [5.41, 5.74) is 2.69. The van der Waals surface area contributed by atoms with Crippen molar-refractivity contribution in [3.8, 4) is 18.2 Å². The van der Waals surface area contributed by atoms with Gasteiger partial charge in [0, 0.05) is 18.2 Å². The number of hydrogen-bond donors (Lipinski definition) is 3. The number of hydrogen-bond acceptors (Lipinski definition) is 5. The first-order valence-corrected chi connectivity index (χ1v) is 12.9. The van der Waals surface area contributed by atoms with E-state index in [0.717, 1.165) is 16.0 Å². The molecule has 0 spiro atoms. The molecule has 3 amide bonds. The number of phenols is 1. The Morgan fingerprint density at radius 2 is 1.55 bits per heavy atom. The Kier molecular flexibility index (Phi) is 9.57. The van der Waals surface area contributed by atoms with E-state index in [1.807, 2.05) is 32.0 Å². The lowest BCUT2D eigenvalue weighted by Gasteiger charge is -2.30. The number of nitrogens with zero attached hydrogens (tertiary/aromatic N) is 1. The summed E-state index contributed by atoms with van der Waals surface area (Å²) in [7, 11) is 0. The van der Waals surface area contributed by atoms with Gasteiger partial charge in [-0.05, 0) is 69.0 Å². The minimum atomic E-state index is -1.19. The molecule has 208 valence electrons. The van der Waals surface area contributed by atoms with Gasteiger partial charge in [0.05, 0.1) is 0 Å². The number of aryl methyl sites for hydroxylation is 2. The lowest BCUT2D eigenvalue weighted by Crippen LogP contribution is -2.51. The summed E-state index contributed by atoms with van der Waals surface area (Å²) in [6.45, 7) is 8.88. The Labute approximate surface area is 235 Å². The Balaban J connectivity index is 2.01. The summed E-state index contributed by atoms with van der Waals surface area (Å²) in [6.07, 6.45) is 5.12. The number of carbonyl (C=O) groups is 3. The lowest BCUT2D eigenvalue weighted by molar-refractivity contribution is -0.136. The normalized spacial score (nSPS) is 12.4. The largest absolute Gasteiger partial charge is 0.508 e. The number of amides is 3. The minimum Gasteiger partial charge on any atom is -0.508 e. The van der Waals surface area contributed by atoms with Gasteiger partial charge < -0.3 is 20.5 Å². The third-order valence-electron chi connectivity index (χ3n) is 6.09. The maximum atomic E-state index is 14.0. The molecular weight excluding hydrogens is 506 g/mol. The smallest absolute Gasteiger partial charge is 0.408 e. The molecule has 3 N–H and O–H groups in total. The van der Waals surface area contributed by atoms with Gasteiger partial charge >= 0.3 is 6.09 Å². The first-order chi connectivity index (χ1) is 18.9. The summed E-state index contributed by atoms with van der Waals surface area (Å²) >= 11 is 0. The second kappa shape index (κ2) is 12.9. The Morgan fingerprint density at radius 1 is 0.950 bits per heavy atom. The van der Waals surface area contributed by atoms with E-state index in [2.05, 4.69) is 16.7 Å². The monoisotopic (exact) mass is 541 g/mol. The van der Waals surface area contributed by atoms with Gasteiger partial charge in [-0.3, -0.25) is 14.5 Å².